The number of hydrogen-bond acceptors (Lipinski definition) is 21. The van der Waals surface area contributed by atoms with Gasteiger partial charge in [0.1, 0.15) is 23.3 Å². The van der Waals surface area contributed by atoms with E-state index in [0.717, 1.165) is 11.8 Å². The van der Waals surface area contributed by atoms with Crippen LogP contribution in [0.5, 0.6) is 0 Å². The first-order valence-corrected chi connectivity index (χ1v) is 21.6. The topological polar surface area (TPSA) is 213 Å². The number of carbonyl (C=O) groups excluding carboxylic acids is 6. The Morgan fingerprint density at radius 3 is 1.15 bits per heavy atom. The zero-order chi connectivity index (χ0) is 45.8. The van der Waals surface area contributed by atoms with E-state index in [4.69, 9.17) is 64.3 Å². The average molecular weight is 1030 g/mol. The molecule has 0 amide bonds. The van der Waals surface area contributed by atoms with Crippen LogP contribution in [-0.2, 0) is 85.6 Å². The second kappa shape index (κ2) is 43.5. The van der Waals surface area contributed by atoms with Crippen molar-refractivity contribution in [3.8, 4) is 0 Å². The molecule has 0 heterocycles. The van der Waals surface area contributed by atoms with Gasteiger partial charge < -0.3 is 56.8 Å². The SMILES string of the molecule is CCOC(=S)S.CCOCCOCCOC(=O)C(C)OC(=O)C(C)OC(=O)C(C)Br.CCOCCOCCOC(=O)C(C)OC(=O)C(C)OC(=O)C(C)SC(=S)OCC.[K+]. The predicted molar refractivity (Wildman–Crippen MR) is 232 cm³/mol. The Morgan fingerprint density at radius 2 is 0.817 bits per heavy atom. The molecule has 0 aliphatic carbocycles. The van der Waals surface area contributed by atoms with Gasteiger partial charge in [0.25, 0.3) is 0 Å². The summed E-state index contributed by atoms with van der Waals surface area (Å²) < 4.78 is 60.5. The molecule has 0 fully saturated rings. The van der Waals surface area contributed by atoms with E-state index in [2.05, 4.69) is 45.5 Å². The Kier molecular flexibility index (Phi) is 47.8. The van der Waals surface area contributed by atoms with Crippen molar-refractivity contribution < 1.29 is 137 Å². The van der Waals surface area contributed by atoms with Gasteiger partial charge in [-0.25, -0.2) is 19.2 Å². The zero-order valence-corrected chi connectivity index (χ0v) is 44.4. The number of carbonyl (C=O) groups is 6. The van der Waals surface area contributed by atoms with Crippen molar-refractivity contribution >= 4 is 109 Å². The Morgan fingerprint density at radius 1 is 0.483 bits per heavy atom. The molecule has 0 aliphatic heterocycles. The number of alkyl halides is 1. The van der Waals surface area contributed by atoms with Gasteiger partial charge in [-0.2, -0.15) is 0 Å². The minimum absolute atomic E-state index is 0. The van der Waals surface area contributed by atoms with Gasteiger partial charge in [-0.1, -0.05) is 40.3 Å². The number of esters is 6. The first-order valence-electron chi connectivity index (χ1n) is 18.6. The van der Waals surface area contributed by atoms with Crippen molar-refractivity contribution in [1.29, 1.82) is 0 Å². The van der Waals surface area contributed by atoms with Crippen molar-refractivity contribution in [3.63, 3.8) is 0 Å². The fraction of sp³-hybridized carbons (Fsp3) is 0.778. The van der Waals surface area contributed by atoms with Gasteiger partial charge in [0, 0.05) is 13.2 Å². The molecule has 0 aromatic rings. The van der Waals surface area contributed by atoms with E-state index in [9.17, 15) is 28.8 Å². The summed E-state index contributed by atoms with van der Waals surface area (Å²) in [6, 6.07) is 0. The fourth-order valence-electron chi connectivity index (χ4n) is 3.10. The minimum atomic E-state index is -1.19. The van der Waals surface area contributed by atoms with Crippen molar-refractivity contribution in [1.82, 2.24) is 0 Å². The van der Waals surface area contributed by atoms with Gasteiger partial charge >= 0.3 is 87.2 Å². The Bertz CT molecular complexity index is 1240. The van der Waals surface area contributed by atoms with E-state index < -0.39 is 70.3 Å². The van der Waals surface area contributed by atoms with E-state index in [1.54, 1.807) is 20.8 Å². The molecule has 0 N–H and O–H groups in total. The maximum atomic E-state index is 12.0. The second-order valence-corrected chi connectivity index (χ2v) is 15.4. The molecule has 18 nitrogen and oxygen atoms in total. The summed E-state index contributed by atoms with van der Waals surface area (Å²) in [7, 11) is 0. The molecule has 24 heteroatoms. The van der Waals surface area contributed by atoms with E-state index in [1.807, 2.05) is 20.8 Å². The van der Waals surface area contributed by atoms with Gasteiger partial charge in [-0.05, 0) is 93.7 Å². The molecular weight excluding hydrogens is 968 g/mol. The van der Waals surface area contributed by atoms with Crippen LogP contribution in [-0.4, -0.2) is 158 Å². The van der Waals surface area contributed by atoms with Crippen LogP contribution in [0.1, 0.15) is 69.2 Å². The molecule has 0 bridgehead atoms. The molecule has 0 rings (SSSR count). The molecule has 6 atom stereocenters. The van der Waals surface area contributed by atoms with Crippen molar-refractivity contribution in [3.05, 3.63) is 0 Å². The van der Waals surface area contributed by atoms with E-state index in [0.29, 0.717) is 57.2 Å². The Balaban J connectivity index is -0.000000458. The summed E-state index contributed by atoms with van der Waals surface area (Å²) >= 11 is 17.1. The van der Waals surface area contributed by atoms with Gasteiger partial charge in [0.05, 0.1) is 52.9 Å². The third-order valence-corrected chi connectivity index (χ3v) is 7.94. The number of thioether (sulfide) groups is 1. The monoisotopic (exact) mass is 1030 g/mol. The first-order chi connectivity index (χ1) is 27.8. The van der Waals surface area contributed by atoms with Gasteiger partial charge in [-0.3, -0.25) is 9.59 Å². The number of halogens is 1. The van der Waals surface area contributed by atoms with Gasteiger partial charge in [0.2, 0.25) is 8.77 Å². The predicted octanol–water partition coefficient (Wildman–Crippen LogP) is 1.36. The Hall–Kier alpha value is -0.744. The molecule has 0 spiro atoms. The maximum absolute atomic E-state index is 12.0. The number of hydrogen-bond donors (Lipinski definition) is 1. The molecule has 0 saturated carbocycles. The largest absolute Gasteiger partial charge is 1.00 e. The molecule has 0 saturated heterocycles. The third kappa shape index (κ3) is 40.1. The third-order valence-electron chi connectivity index (χ3n) is 6.06. The summed E-state index contributed by atoms with van der Waals surface area (Å²) in [6.45, 7) is 20.4. The van der Waals surface area contributed by atoms with E-state index in [-0.39, 0.29) is 82.2 Å². The van der Waals surface area contributed by atoms with Crippen molar-refractivity contribution in [2.75, 3.05) is 79.3 Å². The van der Waals surface area contributed by atoms with E-state index >= 15 is 0 Å². The van der Waals surface area contributed by atoms with Crippen molar-refractivity contribution in [2.45, 2.75) is 104 Å². The number of thiol groups is 1. The number of rotatable bonds is 27. The second-order valence-electron chi connectivity index (χ2n) is 11.0. The minimum Gasteiger partial charge on any atom is -0.479 e. The normalized spacial score (nSPS) is 13.1. The summed E-state index contributed by atoms with van der Waals surface area (Å²) in [6.07, 6.45) is -4.56. The molecular formula is C36H61BrKO18S4+. The molecule has 0 aromatic carbocycles. The van der Waals surface area contributed by atoms with Crippen LogP contribution in [0.15, 0.2) is 0 Å². The van der Waals surface area contributed by atoms with Gasteiger partial charge in [-0.15, -0.1) is 0 Å². The van der Waals surface area contributed by atoms with Crippen LogP contribution in [0.4, 0.5) is 0 Å². The van der Waals surface area contributed by atoms with Crippen LogP contribution < -0.4 is 51.4 Å². The fourth-order valence-corrected chi connectivity index (χ4v) is 4.64. The maximum Gasteiger partial charge on any atom is 1.00 e. The average Bonchev–Trinajstić information content (AvgIpc) is 3.17. The summed E-state index contributed by atoms with van der Waals surface area (Å²) in [5.74, 6) is -4.37. The van der Waals surface area contributed by atoms with Crippen LogP contribution in [0.3, 0.4) is 0 Å². The number of thiocarbonyl (C=S) groups is 2. The van der Waals surface area contributed by atoms with E-state index in [1.165, 1.54) is 27.7 Å². The quantitative estimate of drug-likeness (QED) is 0.0234. The molecule has 0 radical (unpaired) electrons. The summed E-state index contributed by atoms with van der Waals surface area (Å²) in [5, 5.41) is -0.658. The zero-order valence-electron chi connectivity index (χ0n) is 36.3. The molecule has 60 heavy (non-hydrogen) atoms. The Labute approximate surface area is 425 Å². The number of ether oxygens (including phenoxy) is 12. The molecule has 0 aliphatic rings. The summed E-state index contributed by atoms with van der Waals surface area (Å²) in [5.41, 5.74) is 0. The van der Waals surface area contributed by atoms with Crippen LogP contribution in [0, 0.1) is 0 Å². The molecule has 6 unspecified atom stereocenters. The molecule has 0 aromatic heterocycles. The molecule has 344 valence electrons. The van der Waals surface area contributed by atoms with Crippen molar-refractivity contribution in [2.24, 2.45) is 0 Å². The van der Waals surface area contributed by atoms with Crippen LogP contribution in [0.25, 0.3) is 0 Å². The first kappa shape index (κ1) is 65.9. The van der Waals surface area contributed by atoms with Gasteiger partial charge in [0.15, 0.2) is 24.4 Å². The van der Waals surface area contributed by atoms with Crippen LogP contribution in [0.2, 0.25) is 0 Å². The van der Waals surface area contributed by atoms with Crippen LogP contribution >= 0.6 is 64.8 Å². The standard InChI is InChI=1S/C18H30O9S2.C15H25BrO8.C3H6OS2.K/c1-6-22-8-9-23-10-11-25-15(19)12(3)26-16(20)13(4)27-17(21)14(5)29-18(28)24-7-2;1-5-20-6-7-21-8-9-22-14(18)11(3)24-15(19)12(4)23-13(17)10(2)16;1-2-4-3(5)6;/h12-14H,6-11H2,1-5H3;10-12H,5-9H2,1-4H3;2H2,1H3,(H,5,6);/q;;;+1. The summed E-state index contributed by atoms with van der Waals surface area (Å²) in [4.78, 5) is 70.1. The smallest absolute Gasteiger partial charge is 0.479 e.